The third-order valence-electron chi connectivity index (χ3n) is 4.25. The second kappa shape index (κ2) is 8.76. The summed E-state index contributed by atoms with van der Waals surface area (Å²) in [5, 5.41) is 17.1. The third kappa shape index (κ3) is 4.51. The summed E-state index contributed by atoms with van der Waals surface area (Å²) in [5.41, 5.74) is 0. The molecule has 0 aromatic carbocycles. The smallest absolute Gasteiger partial charge is 0.262 e. The van der Waals surface area contributed by atoms with Crippen molar-refractivity contribution >= 4 is 39.7 Å². The van der Waals surface area contributed by atoms with E-state index in [1.54, 1.807) is 5.38 Å². The van der Waals surface area contributed by atoms with Gasteiger partial charge in [-0.15, -0.1) is 23.7 Å². The highest BCUT2D eigenvalue weighted by molar-refractivity contribution is 7.89. The molecule has 0 radical (unpaired) electrons. The number of morpholine rings is 1. The Labute approximate surface area is 157 Å². The van der Waals surface area contributed by atoms with Gasteiger partial charge < -0.3 is 20.5 Å². The van der Waals surface area contributed by atoms with E-state index in [9.17, 15) is 18.3 Å². The summed E-state index contributed by atoms with van der Waals surface area (Å²) in [4.78, 5) is 12.6. The number of ether oxygens (including phenoxy) is 1. The fourth-order valence-corrected chi connectivity index (χ4v) is 5.55. The lowest BCUT2D eigenvalue weighted by molar-refractivity contribution is 0.0730. The van der Waals surface area contributed by atoms with Crippen molar-refractivity contribution in [3.63, 3.8) is 0 Å². The number of hydrogen-bond acceptors (Lipinski definition) is 7. The van der Waals surface area contributed by atoms with Crippen LogP contribution in [0.2, 0.25) is 0 Å². The van der Waals surface area contributed by atoms with Gasteiger partial charge in [0.2, 0.25) is 10.0 Å². The van der Waals surface area contributed by atoms with Gasteiger partial charge in [0, 0.05) is 38.6 Å². The number of halogens is 1. The highest BCUT2D eigenvalue weighted by atomic mass is 35.5. The maximum atomic E-state index is 12.7. The predicted molar refractivity (Wildman–Crippen MR) is 95.8 cm³/mol. The molecule has 1 amide bonds. The number of aliphatic hydroxyl groups excluding tert-OH is 1. The zero-order chi connectivity index (χ0) is 17.2. The number of hydrogen-bond donors (Lipinski definition) is 3. The van der Waals surface area contributed by atoms with Crippen LogP contribution in [0.3, 0.4) is 0 Å². The summed E-state index contributed by atoms with van der Waals surface area (Å²) in [6.07, 6.45) is -0.495. The predicted octanol–water partition coefficient (Wildman–Crippen LogP) is -0.499. The van der Waals surface area contributed by atoms with Crippen molar-refractivity contribution in [1.29, 1.82) is 0 Å². The molecular formula is C14H22ClN3O5S2. The zero-order valence-corrected chi connectivity index (χ0v) is 16.0. The Morgan fingerprint density at radius 3 is 2.76 bits per heavy atom. The van der Waals surface area contributed by atoms with Crippen molar-refractivity contribution in [2.45, 2.75) is 11.0 Å². The Kier molecular flexibility index (Phi) is 7.20. The fraction of sp³-hybridized carbons (Fsp3) is 0.643. The third-order valence-corrected chi connectivity index (χ3v) is 7.24. The molecular weight excluding hydrogens is 390 g/mol. The summed E-state index contributed by atoms with van der Waals surface area (Å²) in [6, 6.07) is 1.47. The standard InChI is InChI=1S/C14H21N3O5S2.ClH/c18-11-9-15-7-10(11)8-16-14(19)13-12(1-6-23-13)24(20,21)17-2-4-22-5-3-17;/h1,6,10-11,15,18H,2-5,7-9H2,(H,16,19);1H. The number of amides is 1. The number of β-amino-alcohol motifs (C(OH)–C–C–N with tert-alkyl or cyclic N) is 1. The number of rotatable bonds is 5. The van der Waals surface area contributed by atoms with Gasteiger partial charge in [-0.2, -0.15) is 4.31 Å². The van der Waals surface area contributed by atoms with Crippen LogP contribution in [0, 0.1) is 5.92 Å². The molecule has 3 heterocycles. The van der Waals surface area contributed by atoms with Gasteiger partial charge in [0.25, 0.3) is 5.91 Å². The molecule has 2 fully saturated rings. The molecule has 1 aromatic heterocycles. The molecule has 2 atom stereocenters. The minimum absolute atomic E-state index is 0. The largest absolute Gasteiger partial charge is 0.391 e. The van der Waals surface area contributed by atoms with Crippen LogP contribution in [-0.4, -0.2) is 75.8 Å². The highest BCUT2D eigenvalue weighted by Gasteiger charge is 2.32. The van der Waals surface area contributed by atoms with Crippen molar-refractivity contribution in [3.8, 4) is 0 Å². The van der Waals surface area contributed by atoms with Crippen LogP contribution in [0.15, 0.2) is 16.3 Å². The lowest BCUT2D eigenvalue weighted by Crippen LogP contribution is -2.41. The minimum atomic E-state index is -3.70. The Hall–Kier alpha value is -0.750. The Morgan fingerprint density at radius 1 is 1.40 bits per heavy atom. The van der Waals surface area contributed by atoms with Gasteiger partial charge in [-0.05, 0) is 11.4 Å². The summed E-state index contributed by atoms with van der Waals surface area (Å²) in [5.74, 6) is -0.482. The maximum Gasteiger partial charge on any atom is 0.262 e. The van der Waals surface area contributed by atoms with Crippen LogP contribution in [0.4, 0.5) is 0 Å². The van der Waals surface area contributed by atoms with E-state index < -0.39 is 22.0 Å². The van der Waals surface area contributed by atoms with E-state index >= 15 is 0 Å². The molecule has 3 rings (SSSR count). The summed E-state index contributed by atoms with van der Waals surface area (Å²) in [6.45, 7) is 2.75. The van der Waals surface area contributed by atoms with Crippen LogP contribution in [0.25, 0.3) is 0 Å². The average Bonchev–Trinajstić information content (AvgIpc) is 3.23. The lowest BCUT2D eigenvalue weighted by atomic mass is 10.1. The molecule has 0 aliphatic carbocycles. The Bertz CT molecular complexity index is 690. The van der Waals surface area contributed by atoms with E-state index in [1.807, 2.05) is 0 Å². The van der Waals surface area contributed by atoms with E-state index in [2.05, 4.69) is 10.6 Å². The molecule has 25 heavy (non-hydrogen) atoms. The van der Waals surface area contributed by atoms with Crippen molar-refractivity contribution in [2.75, 3.05) is 45.9 Å². The number of sulfonamides is 1. The van der Waals surface area contributed by atoms with Crippen molar-refractivity contribution in [2.24, 2.45) is 5.92 Å². The van der Waals surface area contributed by atoms with Gasteiger partial charge in [-0.1, -0.05) is 0 Å². The van der Waals surface area contributed by atoms with Gasteiger partial charge in [0.15, 0.2) is 0 Å². The van der Waals surface area contributed by atoms with Crippen LogP contribution in [0.1, 0.15) is 9.67 Å². The maximum absolute atomic E-state index is 12.7. The number of aliphatic hydroxyl groups is 1. The molecule has 8 nitrogen and oxygen atoms in total. The van der Waals surface area contributed by atoms with E-state index in [4.69, 9.17) is 4.74 Å². The van der Waals surface area contributed by atoms with Crippen LogP contribution >= 0.6 is 23.7 Å². The van der Waals surface area contributed by atoms with Gasteiger partial charge in [0.05, 0.1) is 19.3 Å². The molecule has 2 aliphatic rings. The normalized spacial score (nSPS) is 24.7. The summed E-state index contributed by atoms with van der Waals surface area (Å²) in [7, 11) is -3.70. The Balaban J connectivity index is 0.00000225. The summed E-state index contributed by atoms with van der Waals surface area (Å²) >= 11 is 1.10. The first-order valence-corrected chi connectivity index (χ1v) is 10.1. The van der Waals surface area contributed by atoms with Crippen LogP contribution in [-0.2, 0) is 14.8 Å². The van der Waals surface area contributed by atoms with Gasteiger partial charge in [-0.3, -0.25) is 4.79 Å². The van der Waals surface area contributed by atoms with Gasteiger partial charge >= 0.3 is 0 Å². The van der Waals surface area contributed by atoms with Crippen molar-refractivity contribution in [3.05, 3.63) is 16.3 Å². The second-order valence-corrected chi connectivity index (χ2v) is 8.65. The molecule has 2 saturated heterocycles. The number of thiophene rings is 1. The number of nitrogens with one attached hydrogen (secondary N) is 2. The van der Waals surface area contributed by atoms with Crippen molar-refractivity contribution < 1.29 is 23.1 Å². The molecule has 2 aliphatic heterocycles. The fourth-order valence-electron chi connectivity index (χ4n) is 2.82. The Morgan fingerprint density at radius 2 is 2.12 bits per heavy atom. The zero-order valence-electron chi connectivity index (χ0n) is 13.5. The molecule has 142 valence electrons. The first kappa shape index (κ1) is 20.6. The molecule has 1 aromatic rings. The van der Waals surface area contributed by atoms with E-state index in [1.165, 1.54) is 10.4 Å². The van der Waals surface area contributed by atoms with E-state index in [0.29, 0.717) is 45.9 Å². The van der Waals surface area contributed by atoms with Gasteiger partial charge in [-0.25, -0.2) is 8.42 Å². The molecule has 3 N–H and O–H groups in total. The molecule has 2 unspecified atom stereocenters. The minimum Gasteiger partial charge on any atom is -0.391 e. The van der Waals surface area contributed by atoms with Gasteiger partial charge in [0.1, 0.15) is 9.77 Å². The molecule has 0 bridgehead atoms. The second-order valence-electron chi connectivity index (χ2n) is 5.83. The lowest BCUT2D eigenvalue weighted by Gasteiger charge is -2.26. The topological polar surface area (TPSA) is 108 Å². The van der Waals surface area contributed by atoms with E-state index in [-0.39, 0.29) is 28.1 Å². The highest BCUT2D eigenvalue weighted by Crippen LogP contribution is 2.26. The quantitative estimate of drug-likeness (QED) is 0.603. The summed E-state index contributed by atoms with van der Waals surface area (Å²) < 4.78 is 32.0. The van der Waals surface area contributed by atoms with E-state index in [0.717, 1.165) is 11.3 Å². The molecule has 0 saturated carbocycles. The van der Waals surface area contributed by atoms with Crippen LogP contribution in [0.5, 0.6) is 0 Å². The molecule has 11 heteroatoms. The number of nitrogens with zero attached hydrogens (tertiary/aromatic N) is 1. The first-order chi connectivity index (χ1) is 11.5. The SMILES string of the molecule is Cl.O=C(NCC1CNCC1O)c1sccc1S(=O)(=O)N1CCOCC1. The average molecular weight is 412 g/mol. The monoisotopic (exact) mass is 411 g/mol. The van der Waals surface area contributed by atoms with Crippen LogP contribution < -0.4 is 10.6 Å². The van der Waals surface area contributed by atoms with Crippen molar-refractivity contribution in [1.82, 2.24) is 14.9 Å². The number of carbonyl (C=O) groups excluding carboxylic acids is 1. The number of carbonyl (C=O) groups is 1. The molecule has 0 spiro atoms. The first-order valence-electron chi connectivity index (χ1n) is 7.82.